The summed E-state index contributed by atoms with van der Waals surface area (Å²) in [5.41, 5.74) is 8.48. The number of benzene rings is 2. The zero-order chi connectivity index (χ0) is 12.3. The number of carbonyl (C=O) groups excluding carboxylic acids is 1. The molecule has 0 unspecified atom stereocenters. The molecule has 0 aliphatic rings. The number of rotatable bonds is 2. The SMILES string of the molecule is Cc1c(NC(=O)c2ccccc2)[c]ccc1N. The maximum absolute atomic E-state index is 11.9. The highest BCUT2D eigenvalue weighted by atomic mass is 16.1. The standard InChI is InChI=1S/C14H13N2O/c1-10-12(15)8-5-9-13(10)16-14(17)11-6-3-2-4-7-11/h2-8H,15H2,1H3,(H,16,17). The van der Waals surface area contributed by atoms with Crippen LogP contribution in [0.1, 0.15) is 15.9 Å². The summed E-state index contributed by atoms with van der Waals surface area (Å²) in [6.45, 7) is 1.85. The Hall–Kier alpha value is -2.29. The van der Waals surface area contributed by atoms with E-state index < -0.39 is 0 Å². The van der Waals surface area contributed by atoms with Crippen LogP contribution < -0.4 is 11.1 Å². The molecule has 2 aromatic carbocycles. The van der Waals surface area contributed by atoms with Crippen LogP contribution in [0.15, 0.2) is 42.5 Å². The lowest BCUT2D eigenvalue weighted by atomic mass is 10.1. The molecule has 1 radical (unpaired) electrons. The van der Waals surface area contributed by atoms with Crippen molar-refractivity contribution in [3.05, 3.63) is 59.7 Å². The molecule has 0 saturated carbocycles. The topological polar surface area (TPSA) is 55.1 Å². The van der Waals surface area contributed by atoms with Gasteiger partial charge in [-0.1, -0.05) is 24.3 Å². The van der Waals surface area contributed by atoms with Crippen LogP contribution in [0.25, 0.3) is 0 Å². The quantitative estimate of drug-likeness (QED) is 0.772. The van der Waals surface area contributed by atoms with E-state index in [0.717, 1.165) is 5.56 Å². The van der Waals surface area contributed by atoms with Crippen molar-refractivity contribution < 1.29 is 4.79 Å². The van der Waals surface area contributed by atoms with Crippen molar-refractivity contribution in [2.45, 2.75) is 6.92 Å². The molecule has 1 amide bonds. The summed E-state index contributed by atoms with van der Waals surface area (Å²) >= 11 is 0. The molecule has 2 aromatic rings. The van der Waals surface area contributed by atoms with Gasteiger partial charge in [0.05, 0.1) is 5.69 Å². The number of nitrogens with one attached hydrogen (secondary N) is 1. The third-order valence-electron chi connectivity index (χ3n) is 2.57. The summed E-state index contributed by atoms with van der Waals surface area (Å²) in [4.78, 5) is 11.9. The van der Waals surface area contributed by atoms with E-state index in [0.29, 0.717) is 16.9 Å². The summed E-state index contributed by atoms with van der Waals surface area (Å²) < 4.78 is 0. The minimum Gasteiger partial charge on any atom is -0.398 e. The number of nitrogen functional groups attached to an aromatic ring is 1. The van der Waals surface area contributed by atoms with Crippen molar-refractivity contribution in [3.63, 3.8) is 0 Å². The first kappa shape index (κ1) is 11.2. The normalized spacial score (nSPS) is 9.94. The van der Waals surface area contributed by atoms with Gasteiger partial charge in [-0.2, -0.15) is 0 Å². The fourth-order valence-electron chi connectivity index (χ4n) is 1.50. The first-order valence-corrected chi connectivity index (χ1v) is 5.31. The first-order chi connectivity index (χ1) is 8.18. The van der Waals surface area contributed by atoms with Gasteiger partial charge in [0.15, 0.2) is 0 Å². The second-order valence-electron chi connectivity index (χ2n) is 3.75. The Morgan fingerprint density at radius 1 is 1.24 bits per heavy atom. The minimum absolute atomic E-state index is 0.157. The molecule has 0 fully saturated rings. The summed E-state index contributed by atoms with van der Waals surface area (Å²) in [7, 11) is 0. The summed E-state index contributed by atoms with van der Waals surface area (Å²) in [6, 6.07) is 15.5. The fourth-order valence-corrected chi connectivity index (χ4v) is 1.50. The molecule has 0 aliphatic heterocycles. The fraction of sp³-hybridized carbons (Fsp3) is 0.0714. The maximum atomic E-state index is 11.9. The summed E-state index contributed by atoms with van der Waals surface area (Å²) in [5.74, 6) is -0.157. The van der Waals surface area contributed by atoms with Crippen LogP contribution in [0.5, 0.6) is 0 Å². The van der Waals surface area contributed by atoms with E-state index in [4.69, 9.17) is 5.73 Å². The van der Waals surface area contributed by atoms with Crippen LogP contribution in [-0.2, 0) is 0 Å². The molecular weight excluding hydrogens is 212 g/mol. The molecule has 17 heavy (non-hydrogen) atoms. The van der Waals surface area contributed by atoms with Crippen LogP contribution in [0, 0.1) is 13.0 Å². The van der Waals surface area contributed by atoms with Crippen LogP contribution in [0.4, 0.5) is 11.4 Å². The van der Waals surface area contributed by atoms with E-state index in [1.807, 2.05) is 25.1 Å². The predicted octanol–water partition coefficient (Wildman–Crippen LogP) is 2.63. The van der Waals surface area contributed by atoms with Crippen LogP contribution in [-0.4, -0.2) is 5.91 Å². The van der Waals surface area contributed by atoms with Crippen molar-refractivity contribution in [3.8, 4) is 0 Å². The van der Waals surface area contributed by atoms with E-state index in [9.17, 15) is 4.79 Å². The van der Waals surface area contributed by atoms with Crippen molar-refractivity contribution in [1.29, 1.82) is 0 Å². The average Bonchev–Trinajstić information content (AvgIpc) is 2.36. The monoisotopic (exact) mass is 225 g/mol. The maximum Gasteiger partial charge on any atom is 0.255 e. The Morgan fingerprint density at radius 2 is 1.94 bits per heavy atom. The van der Waals surface area contributed by atoms with Crippen LogP contribution >= 0.6 is 0 Å². The van der Waals surface area contributed by atoms with Crippen molar-refractivity contribution >= 4 is 17.3 Å². The van der Waals surface area contributed by atoms with Gasteiger partial charge in [0.2, 0.25) is 0 Å². The second-order valence-corrected chi connectivity index (χ2v) is 3.75. The molecule has 0 aliphatic carbocycles. The van der Waals surface area contributed by atoms with E-state index in [-0.39, 0.29) is 5.91 Å². The van der Waals surface area contributed by atoms with E-state index in [2.05, 4.69) is 11.4 Å². The number of hydrogen-bond donors (Lipinski definition) is 2. The molecular formula is C14H13N2O. The Balaban J connectivity index is 2.22. The van der Waals surface area contributed by atoms with Crippen molar-refractivity contribution in [2.75, 3.05) is 11.1 Å². The molecule has 85 valence electrons. The highest BCUT2D eigenvalue weighted by Gasteiger charge is 2.07. The molecule has 2 rings (SSSR count). The van der Waals surface area contributed by atoms with E-state index in [1.165, 1.54) is 0 Å². The lowest BCUT2D eigenvalue weighted by Gasteiger charge is -2.09. The molecule has 0 bridgehead atoms. The third-order valence-corrected chi connectivity index (χ3v) is 2.57. The summed E-state index contributed by atoms with van der Waals surface area (Å²) in [6.07, 6.45) is 0. The van der Waals surface area contributed by atoms with Crippen molar-refractivity contribution in [1.82, 2.24) is 0 Å². The van der Waals surface area contributed by atoms with E-state index >= 15 is 0 Å². The van der Waals surface area contributed by atoms with Gasteiger partial charge in [-0.3, -0.25) is 4.79 Å². The molecule has 0 atom stereocenters. The first-order valence-electron chi connectivity index (χ1n) is 5.31. The number of nitrogens with two attached hydrogens (primary N) is 1. The van der Waals surface area contributed by atoms with Gasteiger partial charge in [-0.15, -0.1) is 0 Å². The minimum atomic E-state index is -0.157. The highest BCUT2D eigenvalue weighted by Crippen LogP contribution is 2.20. The van der Waals surface area contributed by atoms with Crippen LogP contribution in [0.3, 0.4) is 0 Å². The molecule has 3 N–H and O–H groups in total. The highest BCUT2D eigenvalue weighted by molar-refractivity contribution is 6.04. The number of hydrogen-bond acceptors (Lipinski definition) is 2. The molecule has 0 aromatic heterocycles. The smallest absolute Gasteiger partial charge is 0.255 e. The van der Waals surface area contributed by atoms with E-state index in [1.54, 1.807) is 24.3 Å². The Labute approximate surface area is 100 Å². The zero-order valence-corrected chi connectivity index (χ0v) is 9.53. The molecule has 0 heterocycles. The Kier molecular flexibility index (Phi) is 3.10. The molecule has 3 heteroatoms. The van der Waals surface area contributed by atoms with Crippen molar-refractivity contribution in [2.24, 2.45) is 0 Å². The zero-order valence-electron chi connectivity index (χ0n) is 9.53. The number of anilines is 2. The van der Waals surface area contributed by atoms with Crippen LogP contribution in [0.2, 0.25) is 0 Å². The largest absolute Gasteiger partial charge is 0.398 e. The van der Waals surface area contributed by atoms with Gasteiger partial charge in [-0.25, -0.2) is 0 Å². The number of carbonyl (C=O) groups is 1. The van der Waals surface area contributed by atoms with Gasteiger partial charge in [-0.05, 0) is 30.7 Å². The molecule has 0 spiro atoms. The van der Waals surface area contributed by atoms with Gasteiger partial charge >= 0.3 is 0 Å². The molecule has 3 nitrogen and oxygen atoms in total. The lowest BCUT2D eigenvalue weighted by Crippen LogP contribution is -2.13. The average molecular weight is 225 g/mol. The summed E-state index contributed by atoms with van der Waals surface area (Å²) in [5, 5.41) is 2.79. The Morgan fingerprint density at radius 3 is 2.65 bits per heavy atom. The van der Waals surface area contributed by atoms with Gasteiger partial charge in [0.25, 0.3) is 5.91 Å². The number of amides is 1. The second kappa shape index (κ2) is 4.70. The van der Waals surface area contributed by atoms with Gasteiger partial charge < -0.3 is 11.1 Å². The Bertz CT molecular complexity index is 535. The lowest BCUT2D eigenvalue weighted by molar-refractivity contribution is 0.102. The predicted molar refractivity (Wildman–Crippen MR) is 68.8 cm³/mol. The van der Waals surface area contributed by atoms with Gasteiger partial charge in [0, 0.05) is 17.3 Å². The third kappa shape index (κ3) is 2.45. The molecule has 0 saturated heterocycles. The van der Waals surface area contributed by atoms with Gasteiger partial charge in [0.1, 0.15) is 0 Å².